The van der Waals surface area contributed by atoms with Gasteiger partial charge in [-0.3, -0.25) is 9.78 Å². The Morgan fingerprint density at radius 2 is 2.09 bits per heavy atom. The van der Waals surface area contributed by atoms with E-state index < -0.39 is 0 Å². The standard InChI is InChI=1S/C17H22N4O/c1-13(2)7-9-19-17(22)15-5-6-16(21-12-15)20-11-14-4-3-8-18-10-14/h3-6,8,10,12-13H,7,9,11H2,1-2H3,(H,19,22)(H,20,21). The van der Waals surface area contributed by atoms with Gasteiger partial charge in [0.2, 0.25) is 0 Å². The molecule has 5 heteroatoms. The number of nitrogens with one attached hydrogen (secondary N) is 2. The van der Waals surface area contributed by atoms with Crippen LogP contribution in [0.2, 0.25) is 0 Å². The summed E-state index contributed by atoms with van der Waals surface area (Å²) in [5, 5.41) is 6.10. The summed E-state index contributed by atoms with van der Waals surface area (Å²) >= 11 is 0. The van der Waals surface area contributed by atoms with E-state index in [0.29, 0.717) is 24.6 Å². The number of amides is 1. The van der Waals surface area contributed by atoms with Crippen LogP contribution < -0.4 is 10.6 Å². The normalized spacial score (nSPS) is 10.5. The lowest BCUT2D eigenvalue weighted by molar-refractivity contribution is 0.0951. The first kappa shape index (κ1) is 15.9. The molecule has 2 aromatic rings. The molecular formula is C17H22N4O. The van der Waals surface area contributed by atoms with Gasteiger partial charge in [0, 0.05) is 31.7 Å². The molecular weight excluding hydrogens is 276 g/mol. The van der Waals surface area contributed by atoms with Crippen molar-refractivity contribution in [2.24, 2.45) is 5.92 Å². The SMILES string of the molecule is CC(C)CCNC(=O)c1ccc(NCc2cccnc2)nc1. The van der Waals surface area contributed by atoms with E-state index in [0.717, 1.165) is 17.8 Å². The Morgan fingerprint density at radius 1 is 1.23 bits per heavy atom. The third kappa shape index (κ3) is 5.16. The van der Waals surface area contributed by atoms with Crippen LogP contribution in [0.4, 0.5) is 5.82 Å². The lowest BCUT2D eigenvalue weighted by Gasteiger charge is -2.08. The van der Waals surface area contributed by atoms with Crippen molar-refractivity contribution in [3.63, 3.8) is 0 Å². The third-order valence-corrected chi connectivity index (χ3v) is 3.23. The van der Waals surface area contributed by atoms with Crippen LogP contribution in [-0.2, 0) is 6.54 Å². The van der Waals surface area contributed by atoms with E-state index in [1.807, 2.05) is 24.4 Å². The molecule has 0 radical (unpaired) electrons. The molecule has 0 atom stereocenters. The molecule has 1 amide bonds. The van der Waals surface area contributed by atoms with Crippen molar-refractivity contribution >= 4 is 11.7 Å². The smallest absolute Gasteiger partial charge is 0.252 e. The molecule has 116 valence electrons. The maximum absolute atomic E-state index is 11.9. The third-order valence-electron chi connectivity index (χ3n) is 3.23. The quantitative estimate of drug-likeness (QED) is 0.825. The van der Waals surface area contributed by atoms with Gasteiger partial charge in [-0.25, -0.2) is 4.98 Å². The van der Waals surface area contributed by atoms with Gasteiger partial charge in [0.15, 0.2) is 0 Å². The second-order valence-corrected chi connectivity index (χ2v) is 5.59. The van der Waals surface area contributed by atoms with Crippen molar-refractivity contribution < 1.29 is 4.79 Å². The van der Waals surface area contributed by atoms with Crippen LogP contribution in [0.5, 0.6) is 0 Å². The van der Waals surface area contributed by atoms with Gasteiger partial charge in [0.1, 0.15) is 5.82 Å². The van der Waals surface area contributed by atoms with E-state index in [-0.39, 0.29) is 5.91 Å². The number of hydrogen-bond acceptors (Lipinski definition) is 4. The number of carbonyl (C=O) groups excluding carboxylic acids is 1. The highest BCUT2D eigenvalue weighted by molar-refractivity contribution is 5.94. The highest BCUT2D eigenvalue weighted by atomic mass is 16.1. The van der Waals surface area contributed by atoms with Crippen molar-refractivity contribution in [1.29, 1.82) is 0 Å². The topological polar surface area (TPSA) is 66.9 Å². The zero-order valence-corrected chi connectivity index (χ0v) is 13.0. The average Bonchev–Trinajstić information content (AvgIpc) is 2.54. The largest absolute Gasteiger partial charge is 0.366 e. The van der Waals surface area contributed by atoms with Gasteiger partial charge < -0.3 is 10.6 Å². The molecule has 0 aromatic carbocycles. The number of carbonyl (C=O) groups is 1. The Hall–Kier alpha value is -2.43. The van der Waals surface area contributed by atoms with Crippen LogP contribution in [0.1, 0.15) is 36.2 Å². The average molecular weight is 298 g/mol. The van der Waals surface area contributed by atoms with E-state index in [4.69, 9.17) is 0 Å². The van der Waals surface area contributed by atoms with Crippen LogP contribution in [-0.4, -0.2) is 22.4 Å². The van der Waals surface area contributed by atoms with Gasteiger partial charge in [0.05, 0.1) is 5.56 Å². The molecule has 0 bridgehead atoms. The highest BCUT2D eigenvalue weighted by Gasteiger charge is 2.06. The predicted molar refractivity (Wildman–Crippen MR) is 87.6 cm³/mol. The number of hydrogen-bond donors (Lipinski definition) is 2. The Kier molecular flexibility index (Phi) is 5.89. The first-order valence-corrected chi connectivity index (χ1v) is 7.52. The Labute approximate surface area is 131 Å². The van der Waals surface area contributed by atoms with E-state index in [1.165, 1.54) is 0 Å². The zero-order valence-electron chi connectivity index (χ0n) is 13.0. The summed E-state index contributed by atoms with van der Waals surface area (Å²) in [4.78, 5) is 20.3. The fraction of sp³-hybridized carbons (Fsp3) is 0.353. The summed E-state index contributed by atoms with van der Waals surface area (Å²) < 4.78 is 0. The van der Waals surface area contributed by atoms with E-state index in [1.54, 1.807) is 18.5 Å². The minimum atomic E-state index is -0.0769. The van der Waals surface area contributed by atoms with E-state index >= 15 is 0 Å². The molecule has 2 N–H and O–H groups in total. The summed E-state index contributed by atoms with van der Waals surface area (Å²) in [6.45, 7) is 5.62. The predicted octanol–water partition coefficient (Wildman–Crippen LogP) is 2.86. The Bertz CT molecular complexity index is 581. The number of aromatic nitrogens is 2. The molecule has 0 aliphatic rings. The van der Waals surface area contributed by atoms with Crippen LogP contribution in [0.3, 0.4) is 0 Å². The van der Waals surface area contributed by atoms with Crippen molar-refractivity contribution in [2.75, 3.05) is 11.9 Å². The molecule has 0 aliphatic heterocycles. The zero-order chi connectivity index (χ0) is 15.8. The lowest BCUT2D eigenvalue weighted by Crippen LogP contribution is -2.25. The molecule has 0 unspecified atom stereocenters. The summed E-state index contributed by atoms with van der Waals surface area (Å²) in [6.07, 6.45) is 6.12. The second kappa shape index (κ2) is 8.12. The number of pyridine rings is 2. The van der Waals surface area contributed by atoms with Gasteiger partial charge in [-0.1, -0.05) is 19.9 Å². The van der Waals surface area contributed by atoms with Gasteiger partial charge in [-0.05, 0) is 36.1 Å². The number of rotatable bonds is 7. The maximum atomic E-state index is 11.9. The fourth-order valence-corrected chi connectivity index (χ4v) is 1.90. The first-order chi connectivity index (χ1) is 10.6. The first-order valence-electron chi connectivity index (χ1n) is 7.52. The monoisotopic (exact) mass is 298 g/mol. The number of anilines is 1. The van der Waals surface area contributed by atoms with Crippen molar-refractivity contribution in [1.82, 2.24) is 15.3 Å². The van der Waals surface area contributed by atoms with Crippen LogP contribution in [0.25, 0.3) is 0 Å². The van der Waals surface area contributed by atoms with E-state index in [9.17, 15) is 4.79 Å². The Balaban J connectivity index is 1.83. The van der Waals surface area contributed by atoms with Crippen LogP contribution in [0, 0.1) is 5.92 Å². The summed E-state index contributed by atoms with van der Waals surface area (Å²) in [5.74, 6) is 1.24. The number of nitrogens with zero attached hydrogens (tertiary/aromatic N) is 2. The van der Waals surface area contributed by atoms with Gasteiger partial charge in [-0.2, -0.15) is 0 Å². The molecule has 2 heterocycles. The minimum Gasteiger partial charge on any atom is -0.366 e. The molecule has 0 aliphatic carbocycles. The fourth-order valence-electron chi connectivity index (χ4n) is 1.90. The highest BCUT2D eigenvalue weighted by Crippen LogP contribution is 2.07. The van der Waals surface area contributed by atoms with Crippen molar-refractivity contribution in [3.05, 3.63) is 54.0 Å². The van der Waals surface area contributed by atoms with Crippen LogP contribution >= 0.6 is 0 Å². The van der Waals surface area contributed by atoms with Crippen molar-refractivity contribution in [2.45, 2.75) is 26.8 Å². The molecule has 5 nitrogen and oxygen atoms in total. The Morgan fingerprint density at radius 3 is 2.73 bits per heavy atom. The van der Waals surface area contributed by atoms with E-state index in [2.05, 4.69) is 34.4 Å². The van der Waals surface area contributed by atoms with Gasteiger partial charge in [0.25, 0.3) is 5.91 Å². The summed E-state index contributed by atoms with van der Waals surface area (Å²) in [6, 6.07) is 7.49. The van der Waals surface area contributed by atoms with Crippen molar-refractivity contribution in [3.8, 4) is 0 Å². The molecule has 0 spiro atoms. The summed E-state index contributed by atoms with van der Waals surface area (Å²) in [5.41, 5.74) is 1.66. The maximum Gasteiger partial charge on any atom is 0.252 e. The van der Waals surface area contributed by atoms with Gasteiger partial charge in [-0.15, -0.1) is 0 Å². The van der Waals surface area contributed by atoms with Crippen LogP contribution in [0.15, 0.2) is 42.9 Å². The molecule has 0 fully saturated rings. The summed E-state index contributed by atoms with van der Waals surface area (Å²) in [7, 11) is 0. The molecule has 0 saturated heterocycles. The lowest BCUT2D eigenvalue weighted by atomic mass is 10.1. The van der Waals surface area contributed by atoms with Gasteiger partial charge >= 0.3 is 0 Å². The molecule has 2 aromatic heterocycles. The molecule has 0 saturated carbocycles. The molecule has 2 rings (SSSR count). The molecule has 22 heavy (non-hydrogen) atoms. The second-order valence-electron chi connectivity index (χ2n) is 5.59. The minimum absolute atomic E-state index is 0.0769.